The largest absolute Gasteiger partial charge is 0.391 e. The lowest BCUT2D eigenvalue weighted by Crippen LogP contribution is -2.32. The van der Waals surface area contributed by atoms with Gasteiger partial charge < -0.3 is 15.4 Å². The van der Waals surface area contributed by atoms with Gasteiger partial charge in [0.2, 0.25) is 0 Å². The number of hydrogen-bond donors (Lipinski definition) is 3. The quantitative estimate of drug-likeness (QED) is 0.792. The van der Waals surface area contributed by atoms with Crippen molar-refractivity contribution >= 4 is 16.8 Å². The van der Waals surface area contributed by atoms with Gasteiger partial charge >= 0.3 is 0 Å². The summed E-state index contributed by atoms with van der Waals surface area (Å²) >= 11 is 0. The molecule has 114 valence electrons. The van der Waals surface area contributed by atoms with E-state index >= 15 is 0 Å². The number of hydrogen-bond acceptors (Lipinski definition) is 2. The summed E-state index contributed by atoms with van der Waals surface area (Å²) in [6, 6.07) is 5.71. The lowest BCUT2D eigenvalue weighted by Gasteiger charge is -2.14. The first-order valence-corrected chi connectivity index (χ1v) is 7.44. The van der Waals surface area contributed by atoms with E-state index < -0.39 is 6.10 Å². The Morgan fingerprint density at radius 1 is 1.33 bits per heavy atom. The van der Waals surface area contributed by atoms with Crippen LogP contribution >= 0.6 is 0 Å². The van der Waals surface area contributed by atoms with Crippen molar-refractivity contribution in [3.8, 4) is 0 Å². The Bertz CT molecular complexity index is 644. The van der Waals surface area contributed by atoms with Crippen LogP contribution in [-0.4, -0.2) is 28.6 Å². The van der Waals surface area contributed by atoms with Crippen molar-refractivity contribution in [3.05, 3.63) is 35.0 Å². The first-order valence-electron chi connectivity index (χ1n) is 7.44. The molecule has 0 spiro atoms. The Morgan fingerprint density at radius 3 is 2.71 bits per heavy atom. The van der Waals surface area contributed by atoms with Crippen LogP contribution in [0.15, 0.2) is 18.2 Å². The average Bonchev–Trinajstić information content (AvgIpc) is 2.71. The number of aromatic amines is 1. The Labute approximate surface area is 125 Å². The molecule has 1 atom stereocenters. The Kier molecular flexibility index (Phi) is 4.68. The van der Waals surface area contributed by atoms with Crippen molar-refractivity contribution in [2.75, 3.05) is 6.54 Å². The van der Waals surface area contributed by atoms with E-state index in [0.717, 1.165) is 16.6 Å². The molecule has 0 aliphatic rings. The van der Waals surface area contributed by atoms with Crippen molar-refractivity contribution in [3.63, 3.8) is 0 Å². The molecule has 0 fully saturated rings. The van der Waals surface area contributed by atoms with Crippen molar-refractivity contribution in [1.29, 1.82) is 0 Å². The van der Waals surface area contributed by atoms with E-state index in [-0.39, 0.29) is 12.5 Å². The molecule has 2 rings (SSSR count). The van der Waals surface area contributed by atoms with E-state index in [2.05, 4.69) is 24.1 Å². The fourth-order valence-corrected chi connectivity index (χ4v) is 2.61. The standard InChI is InChI=1S/C17H24N2O2/c1-10(2)8-13(20)9-18-17(21)15-7-5-6-14-11(3)12(4)19-16(14)15/h5-7,10,13,19-20H,8-9H2,1-4H3,(H,18,21). The summed E-state index contributed by atoms with van der Waals surface area (Å²) in [6.45, 7) is 8.43. The topological polar surface area (TPSA) is 65.1 Å². The minimum atomic E-state index is -0.500. The Hall–Kier alpha value is -1.81. The molecular weight excluding hydrogens is 264 g/mol. The molecule has 0 aliphatic heterocycles. The van der Waals surface area contributed by atoms with Crippen molar-refractivity contribution in [2.24, 2.45) is 5.92 Å². The predicted molar refractivity (Wildman–Crippen MR) is 85.6 cm³/mol. The number of aryl methyl sites for hydroxylation is 2. The lowest BCUT2D eigenvalue weighted by molar-refractivity contribution is 0.0901. The van der Waals surface area contributed by atoms with Gasteiger partial charge in [-0.05, 0) is 37.8 Å². The molecule has 0 aliphatic carbocycles. The molecule has 1 aromatic carbocycles. The highest BCUT2D eigenvalue weighted by atomic mass is 16.3. The number of fused-ring (bicyclic) bond motifs is 1. The van der Waals surface area contributed by atoms with Gasteiger partial charge in [0, 0.05) is 17.6 Å². The number of nitrogens with one attached hydrogen (secondary N) is 2. The van der Waals surface area contributed by atoms with Crippen molar-refractivity contribution in [2.45, 2.75) is 40.2 Å². The minimum Gasteiger partial charge on any atom is -0.391 e. The molecule has 1 heterocycles. The SMILES string of the molecule is Cc1[nH]c2c(C(=O)NCC(O)CC(C)C)cccc2c1C. The summed E-state index contributed by atoms with van der Waals surface area (Å²) in [5.41, 5.74) is 3.73. The molecule has 4 heteroatoms. The Morgan fingerprint density at radius 2 is 2.05 bits per heavy atom. The minimum absolute atomic E-state index is 0.148. The van der Waals surface area contributed by atoms with Crippen LogP contribution in [0.2, 0.25) is 0 Å². The number of aliphatic hydroxyl groups is 1. The smallest absolute Gasteiger partial charge is 0.253 e. The zero-order valence-corrected chi connectivity index (χ0v) is 13.2. The maximum Gasteiger partial charge on any atom is 0.253 e. The second-order valence-electron chi connectivity index (χ2n) is 6.10. The molecule has 3 N–H and O–H groups in total. The fourth-order valence-electron chi connectivity index (χ4n) is 2.61. The van der Waals surface area contributed by atoms with Gasteiger partial charge in [-0.25, -0.2) is 0 Å². The molecule has 0 saturated carbocycles. The maximum absolute atomic E-state index is 12.3. The molecule has 1 aromatic heterocycles. The van der Waals surface area contributed by atoms with E-state index in [9.17, 15) is 9.90 Å². The highest BCUT2D eigenvalue weighted by Crippen LogP contribution is 2.24. The van der Waals surface area contributed by atoms with Crippen LogP contribution in [0.3, 0.4) is 0 Å². The number of aromatic nitrogens is 1. The van der Waals surface area contributed by atoms with Crippen LogP contribution in [-0.2, 0) is 0 Å². The third-order valence-corrected chi connectivity index (χ3v) is 3.83. The average molecular weight is 288 g/mol. The summed E-state index contributed by atoms with van der Waals surface area (Å²) in [7, 11) is 0. The number of amides is 1. The number of rotatable bonds is 5. The highest BCUT2D eigenvalue weighted by molar-refractivity contribution is 6.06. The van der Waals surface area contributed by atoms with E-state index in [1.807, 2.05) is 32.0 Å². The van der Waals surface area contributed by atoms with Crippen LogP contribution in [0.1, 0.15) is 41.9 Å². The summed E-state index contributed by atoms with van der Waals surface area (Å²) in [5.74, 6) is 0.263. The summed E-state index contributed by atoms with van der Waals surface area (Å²) < 4.78 is 0. The van der Waals surface area contributed by atoms with Gasteiger partial charge in [-0.15, -0.1) is 0 Å². The van der Waals surface area contributed by atoms with Crippen LogP contribution < -0.4 is 5.32 Å². The second-order valence-corrected chi connectivity index (χ2v) is 6.10. The van der Waals surface area contributed by atoms with E-state index in [0.29, 0.717) is 17.9 Å². The molecule has 4 nitrogen and oxygen atoms in total. The monoisotopic (exact) mass is 288 g/mol. The van der Waals surface area contributed by atoms with Gasteiger partial charge in [0.1, 0.15) is 0 Å². The molecular formula is C17H24N2O2. The molecule has 21 heavy (non-hydrogen) atoms. The van der Waals surface area contributed by atoms with E-state index in [1.165, 1.54) is 5.56 Å². The van der Waals surface area contributed by atoms with Gasteiger partial charge in [0.15, 0.2) is 0 Å². The zero-order valence-electron chi connectivity index (χ0n) is 13.2. The number of carbonyl (C=O) groups excluding carboxylic acids is 1. The lowest BCUT2D eigenvalue weighted by atomic mass is 10.1. The maximum atomic E-state index is 12.3. The first-order chi connectivity index (χ1) is 9.90. The molecule has 0 saturated heterocycles. The van der Waals surface area contributed by atoms with Crippen LogP contribution in [0, 0.1) is 19.8 Å². The van der Waals surface area contributed by atoms with Crippen molar-refractivity contribution in [1.82, 2.24) is 10.3 Å². The number of aliphatic hydroxyl groups excluding tert-OH is 1. The third kappa shape index (κ3) is 3.45. The highest BCUT2D eigenvalue weighted by Gasteiger charge is 2.15. The van der Waals surface area contributed by atoms with Gasteiger partial charge in [0.05, 0.1) is 17.2 Å². The van der Waals surface area contributed by atoms with Crippen molar-refractivity contribution < 1.29 is 9.90 Å². The zero-order chi connectivity index (χ0) is 15.6. The summed E-state index contributed by atoms with van der Waals surface area (Å²) in [5, 5.41) is 13.7. The fraction of sp³-hybridized carbons (Fsp3) is 0.471. The summed E-state index contributed by atoms with van der Waals surface area (Å²) in [6.07, 6.45) is 0.186. The normalized spacial score (nSPS) is 12.9. The first kappa shape index (κ1) is 15.6. The second kappa shape index (κ2) is 6.31. The predicted octanol–water partition coefficient (Wildman–Crippen LogP) is 2.92. The molecule has 0 bridgehead atoms. The Balaban J connectivity index is 2.15. The van der Waals surface area contributed by atoms with Gasteiger partial charge in [-0.1, -0.05) is 26.0 Å². The number of carbonyl (C=O) groups is 1. The third-order valence-electron chi connectivity index (χ3n) is 3.83. The number of H-pyrrole nitrogens is 1. The summed E-state index contributed by atoms with van der Waals surface area (Å²) in [4.78, 5) is 15.6. The van der Waals surface area contributed by atoms with Gasteiger partial charge in [-0.3, -0.25) is 4.79 Å². The van der Waals surface area contributed by atoms with E-state index in [4.69, 9.17) is 0 Å². The van der Waals surface area contributed by atoms with E-state index in [1.54, 1.807) is 0 Å². The molecule has 0 radical (unpaired) electrons. The number of para-hydroxylation sites is 1. The molecule has 1 unspecified atom stereocenters. The van der Waals surface area contributed by atoms with Crippen LogP contribution in [0.5, 0.6) is 0 Å². The van der Waals surface area contributed by atoms with Gasteiger partial charge in [-0.2, -0.15) is 0 Å². The molecule has 2 aromatic rings. The molecule has 1 amide bonds. The van der Waals surface area contributed by atoms with Gasteiger partial charge in [0.25, 0.3) is 5.91 Å². The van der Waals surface area contributed by atoms with Crippen LogP contribution in [0.25, 0.3) is 10.9 Å². The van der Waals surface area contributed by atoms with Crippen LogP contribution in [0.4, 0.5) is 0 Å². The number of benzene rings is 1.